The molecule has 0 atom stereocenters. The number of benzene rings is 2. The van der Waals surface area contributed by atoms with Gasteiger partial charge in [-0.05, 0) is 28.8 Å². The Morgan fingerprint density at radius 2 is 1.78 bits per heavy atom. The summed E-state index contributed by atoms with van der Waals surface area (Å²) in [4.78, 5) is 23.1. The van der Waals surface area contributed by atoms with E-state index in [1.54, 1.807) is 0 Å². The molecule has 0 aliphatic carbocycles. The minimum absolute atomic E-state index is 0.320. The summed E-state index contributed by atoms with van der Waals surface area (Å²) in [6.45, 7) is 1.94. The van der Waals surface area contributed by atoms with Crippen LogP contribution in [0, 0.1) is 6.92 Å². The lowest BCUT2D eigenvalue weighted by Gasteiger charge is -2.09. The van der Waals surface area contributed by atoms with Gasteiger partial charge in [-0.25, -0.2) is 0 Å². The van der Waals surface area contributed by atoms with Crippen LogP contribution in [0.15, 0.2) is 42.5 Å². The van der Waals surface area contributed by atoms with Gasteiger partial charge in [0.1, 0.15) is 0 Å². The van der Waals surface area contributed by atoms with Crippen molar-refractivity contribution in [3.05, 3.63) is 53.6 Å². The molecule has 0 fully saturated rings. The van der Waals surface area contributed by atoms with Crippen molar-refractivity contribution in [2.24, 2.45) is 0 Å². The third-order valence-corrected chi connectivity index (χ3v) is 3.16. The molecule has 0 spiro atoms. The molecule has 2 aromatic rings. The highest BCUT2D eigenvalue weighted by molar-refractivity contribution is 6.35. The van der Waals surface area contributed by atoms with E-state index in [1.165, 1.54) is 6.08 Å². The third-order valence-electron chi connectivity index (χ3n) is 3.16. The van der Waals surface area contributed by atoms with Gasteiger partial charge in [-0.2, -0.15) is 0 Å². The van der Waals surface area contributed by atoms with Crippen molar-refractivity contribution in [3.8, 4) is 0 Å². The number of fused-ring (bicyclic) bond motifs is 1. The van der Waals surface area contributed by atoms with Crippen LogP contribution in [0.4, 0.5) is 0 Å². The minimum atomic E-state index is -0.345. The first-order valence-corrected chi connectivity index (χ1v) is 5.72. The van der Waals surface area contributed by atoms with Crippen molar-refractivity contribution in [2.45, 2.75) is 6.92 Å². The number of hydrogen-bond acceptors (Lipinski definition) is 2. The summed E-state index contributed by atoms with van der Waals surface area (Å²) in [5.74, 6) is -0.665. The summed E-state index contributed by atoms with van der Waals surface area (Å²) in [6, 6.07) is 11.8. The molecule has 0 unspecified atom stereocenters. The van der Waals surface area contributed by atoms with Gasteiger partial charge in [0.2, 0.25) is 0 Å². The van der Waals surface area contributed by atoms with Gasteiger partial charge in [0.15, 0.2) is 0 Å². The maximum absolute atomic E-state index is 11.8. The van der Waals surface area contributed by atoms with Crippen LogP contribution in [0.3, 0.4) is 0 Å². The van der Waals surface area contributed by atoms with Gasteiger partial charge >= 0.3 is 0 Å². The van der Waals surface area contributed by atoms with Crippen molar-refractivity contribution in [1.82, 2.24) is 5.32 Å². The fourth-order valence-electron chi connectivity index (χ4n) is 2.34. The summed E-state index contributed by atoms with van der Waals surface area (Å²) in [7, 11) is 0. The zero-order chi connectivity index (χ0) is 12.7. The van der Waals surface area contributed by atoms with Crippen molar-refractivity contribution < 1.29 is 9.59 Å². The molecule has 1 aliphatic heterocycles. The molecule has 0 aromatic heterocycles. The molecule has 3 nitrogen and oxygen atoms in total. The van der Waals surface area contributed by atoms with Crippen molar-refractivity contribution in [3.63, 3.8) is 0 Å². The molecule has 3 rings (SSSR count). The predicted octanol–water partition coefficient (Wildman–Crippen LogP) is 2.19. The van der Waals surface area contributed by atoms with E-state index in [9.17, 15) is 9.59 Å². The molecule has 1 N–H and O–H groups in total. The molecule has 0 saturated carbocycles. The van der Waals surface area contributed by atoms with Gasteiger partial charge < -0.3 is 0 Å². The Morgan fingerprint density at radius 1 is 1.00 bits per heavy atom. The highest BCUT2D eigenvalue weighted by Gasteiger charge is 2.24. The lowest BCUT2D eigenvalue weighted by molar-refractivity contribution is -0.123. The molecule has 0 radical (unpaired) electrons. The number of carbonyl (C=O) groups is 2. The smallest absolute Gasteiger partial charge is 0.258 e. The van der Waals surface area contributed by atoms with Crippen LogP contribution in [0.5, 0.6) is 0 Å². The number of nitrogens with one attached hydrogen (secondary N) is 1. The summed E-state index contributed by atoms with van der Waals surface area (Å²) in [5.41, 5.74) is 2.29. The summed E-state index contributed by atoms with van der Waals surface area (Å²) in [6.07, 6.45) is 1.37. The molecule has 0 bridgehead atoms. The SMILES string of the molecule is Cc1ccc2ccccc2c1C1=CC(=O)NC1=O. The average molecular weight is 237 g/mol. The van der Waals surface area contributed by atoms with Gasteiger partial charge in [0.25, 0.3) is 11.8 Å². The van der Waals surface area contributed by atoms with Gasteiger partial charge in [-0.1, -0.05) is 36.4 Å². The molecule has 2 amide bonds. The number of carbonyl (C=O) groups excluding carboxylic acids is 2. The van der Waals surface area contributed by atoms with Crippen LogP contribution in [-0.4, -0.2) is 11.8 Å². The lowest BCUT2D eigenvalue weighted by atomic mass is 9.94. The van der Waals surface area contributed by atoms with Crippen LogP contribution in [0.2, 0.25) is 0 Å². The molecule has 88 valence electrons. The Morgan fingerprint density at radius 3 is 2.50 bits per heavy atom. The fourth-order valence-corrected chi connectivity index (χ4v) is 2.34. The number of amides is 2. The fraction of sp³-hybridized carbons (Fsp3) is 0.0667. The Balaban J connectivity index is 2.35. The standard InChI is InChI=1S/C15H11NO2/c1-9-6-7-10-4-2-3-5-11(10)14(9)12-8-13(17)16-15(12)18/h2-8H,1H3,(H,16,17,18). The lowest BCUT2D eigenvalue weighted by Crippen LogP contribution is -2.22. The molecule has 1 aliphatic rings. The van der Waals surface area contributed by atoms with Crippen LogP contribution in [0.25, 0.3) is 16.3 Å². The second-order valence-electron chi connectivity index (χ2n) is 4.35. The first-order chi connectivity index (χ1) is 8.66. The Bertz CT molecular complexity index is 714. The largest absolute Gasteiger partial charge is 0.289 e. The third kappa shape index (κ3) is 1.52. The van der Waals surface area contributed by atoms with Crippen molar-refractivity contribution in [1.29, 1.82) is 0 Å². The zero-order valence-electron chi connectivity index (χ0n) is 9.86. The number of hydrogen-bond donors (Lipinski definition) is 1. The van der Waals surface area contributed by atoms with Crippen LogP contribution >= 0.6 is 0 Å². The maximum atomic E-state index is 11.8. The van der Waals surface area contributed by atoms with Gasteiger partial charge in [-0.15, -0.1) is 0 Å². The Kier molecular flexibility index (Phi) is 2.27. The second-order valence-corrected chi connectivity index (χ2v) is 4.35. The topological polar surface area (TPSA) is 46.2 Å². The first kappa shape index (κ1) is 10.7. The maximum Gasteiger partial charge on any atom is 0.258 e. The van der Waals surface area contributed by atoms with E-state index < -0.39 is 0 Å². The first-order valence-electron chi connectivity index (χ1n) is 5.72. The minimum Gasteiger partial charge on any atom is -0.289 e. The highest BCUT2D eigenvalue weighted by atomic mass is 16.2. The van der Waals surface area contributed by atoms with E-state index in [0.717, 1.165) is 21.9 Å². The van der Waals surface area contributed by atoms with E-state index >= 15 is 0 Å². The summed E-state index contributed by atoms with van der Waals surface area (Å²) >= 11 is 0. The van der Waals surface area contributed by atoms with Gasteiger partial charge in [0.05, 0.1) is 5.57 Å². The van der Waals surface area contributed by atoms with Crippen LogP contribution in [-0.2, 0) is 9.59 Å². The molecular formula is C15H11NO2. The number of rotatable bonds is 1. The second kappa shape index (κ2) is 3.81. The quantitative estimate of drug-likeness (QED) is 0.773. The molecule has 18 heavy (non-hydrogen) atoms. The normalized spacial score (nSPS) is 14.8. The highest BCUT2D eigenvalue weighted by Crippen LogP contribution is 2.29. The number of imide groups is 1. The van der Waals surface area contributed by atoms with E-state index in [1.807, 2.05) is 43.3 Å². The van der Waals surface area contributed by atoms with E-state index in [2.05, 4.69) is 5.32 Å². The molecule has 1 heterocycles. The van der Waals surface area contributed by atoms with E-state index in [4.69, 9.17) is 0 Å². The molecule has 3 heteroatoms. The monoisotopic (exact) mass is 237 g/mol. The summed E-state index contributed by atoms with van der Waals surface area (Å²) in [5, 5.41) is 4.34. The van der Waals surface area contributed by atoms with Gasteiger partial charge in [0, 0.05) is 6.08 Å². The Hall–Kier alpha value is -2.42. The average Bonchev–Trinajstić information content (AvgIpc) is 2.68. The molecule has 0 saturated heterocycles. The van der Waals surface area contributed by atoms with Crippen molar-refractivity contribution >= 4 is 28.2 Å². The van der Waals surface area contributed by atoms with Crippen LogP contribution < -0.4 is 5.32 Å². The van der Waals surface area contributed by atoms with Crippen molar-refractivity contribution in [2.75, 3.05) is 0 Å². The van der Waals surface area contributed by atoms with Crippen LogP contribution in [0.1, 0.15) is 11.1 Å². The molecular weight excluding hydrogens is 226 g/mol. The predicted molar refractivity (Wildman–Crippen MR) is 69.8 cm³/mol. The molecule has 2 aromatic carbocycles. The summed E-state index contributed by atoms with van der Waals surface area (Å²) < 4.78 is 0. The number of aryl methyl sites for hydroxylation is 1. The Labute approximate surface area is 104 Å². The zero-order valence-corrected chi connectivity index (χ0v) is 9.86. The van der Waals surface area contributed by atoms with E-state index in [0.29, 0.717) is 5.57 Å². The van der Waals surface area contributed by atoms with E-state index in [-0.39, 0.29) is 11.8 Å². The van der Waals surface area contributed by atoms with Gasteiger partial charge in [-0.3, -0.25) is 14.9 Å².